The molecule has 0 bridgehead atoms. The molecule has 2 saturated carbocycles. The molecule has 0 unspecified atom stereocenters. The summed E-state index contributed by atoms with van der Waals surface area (Å²) in [5.41, 5.74) is 7.22. The molecule has 0 atom stereocenters. The molecule has 0 saturated heterocycles. The first-order valence-corrected chi connectivity index (χ1v) is 6.84. The van der Waals surface area contributed by atoms with Crippen molar-refractivity contribution in [2.24, 2.45) is 0 Å². The van der Waals surface area contributed by atoms with Gasteiger partial charge in [0.15, 0.2) is 0 Å². The van der Waals surface area contributed by atoms with Crippen LogP contribution in [-0.4, -0.2) is 25.2 Å². The van der Waals surface area contributed by atoms with Gasteiger partial charge in [0, 0.05) is 18.8 Å². The SMILES string of the molecule is COC1CC(NC(=O)C2(c3ccc(N)cc3)CC2)C1. The topological polar surface area (TPSA) is 64.3 Å². The maximum atomic E-state index is 12.4. The summed E-state index contributed by atoms with van der Waals surface area (Å²) in [4.78, 5) is 12.4. The van der Waals surface area contributed by atoms with Crippen LogP contribution in [0.4, 0.5) is 5.69 Å². The zero-order valence-electron chi connectivity index (χ0n) is 11.2. The molecular formula is C15H20N2O2. The van der Waals surface area contributed by atoms with E-state index < -0.39 is 0 Å². The summed E-state index contributed by atoms with van der Waals surface area (Å²) in [5.74, 6) is 0.164. The van der Waals surface area contributed by atoms with E-state index in [0.29, 0.717) is 6.10 Å². The average molecular weight is 260 g/mol. The van der Waals surface area contributed by atoms with Crippen molar-refractivity contribution in [2.75, 3.05) is 12.8 Å². The largest absolute Gasteiger partial charge is 0.399 e. The normalized spacial score (nSPS) is 27.4. The number of nitrogens with two attached hydrogens (primary N) is 1. The van der Waals surface area contributed by atoms with Crippen LogP contribution in [0.1, 0.15) is 31.2 Å². The number of carbonyl (C=O) groups is 1. The number of benzene rings is 1. The lowest BCUT2D eigenvalue weighted by molar-refractivity contribution is -0.126. The number of carbonyl (C=O) groups excluding carboxylic acids is 1. The Kier molecular flexibility index (Phi) is 2.97. The van der Waals surface area contributed by atoms with E-state index in [1.54, 1.807) is 7.11 Å². The average Bonchev–Trinajstić information content (AvgIpc) is 3.15. The first-order valence-electron chi connectivity index (χ1n) is 6.84. The Labute approximate surface area is 113 Å². The minimum Gasteiger partial charge on any atom is -0.399 e. The molecule has 0 aliphatic heterocycles. The van der Waals surface area contributed by atoms with Crippen LogP contribution in [-0.2, 0) is 14.9 Å². The van der Waals surface area contributed by atoms with Crippen LogP contribution < -0.4 is 11.1 Å². The molecule has 0 radical (unpaired) electrons. The van der Waals surface area contributed by atoms with Gasteiger partial charge in [0.05, 0.1) is 11.5 Å². The van der Waals surface area contributed by atoms with Gasteiger partial charge in [-0.3, -0.25) is 4.79 Å². The molecular weight excluding hydrogens is 240 g/mol. The van der Waals surface area contributed by atoms with Crippen LogP contribution >= 0.6 is 0 Å². The highest BCUT2D eigenvalue weighted by molar-refractivity contribution is 5.91. The lowest BCUT2D eigenvalue weighted by atomic mass is 9.87. The lowest BCUT2D eigenvalue weighted by Gasteiger charge is -2.35. The van der Waals surface area contributed by atoms with E-state index in [4.69, 9.17) is 10.5 Å². The smallest absolute Gasteiger partial charge is 0.230 e. The molecule has 0 heterocycles. The van der Waals surface area contributed by atoms with E-state index >= 15 is 0 Å². The van der Waals surface area contributed by atoms with Crippen molar-refractivity contribution in [3.05, 3.63) is 29.8 Å². The number of amides is 1. The van der Waals surface area contributed by atoms with E-state index in [0.717, 1.165) is 36.9 Å². The highest BCUT2D eigenvalue weighted by Gasteiger charge is 2.52. The fourth-order valence-electron chi connectivity index (χ4n) is 2.77. The molecule has 3 rings (SSSR count). The first kappa shape index (κ1) is 12.5. The lowest BCUT2D eigenvalue weighted by Crippen LogP contribution is -2.50. The Morgan fingerprint density at radius 2 is 1.95 bits per heavy atom. The van der Waals surface area contributed by atoms with Crippen LogP contribution in [0.15, 0.2) is 24.3 Å². The molecule has 102 valence electrons. The number of hydrogen-bond acceptors (Lipinski definition) is 3. The molecule has 0 aromatic heterocycles. The van der Waals surface area contributed by atoms with E-state index in [2.05, 4.69) is 5.32 Å². The summed E-state index contributed by atoms with van der Waals surface area (Å²) in [6, 6.07) is 7.96. The van der Waals surface area contributed by atoms with Crippen molar-refractivity contribution < 1.29 is 9.53 Å². The number of hydrogen-bond donors (Lipinski definition) is 2. The molecule has 2 aliphatic rings. The van der Waals surface area contributed by atoms with Crippen molar-refractivity contribution >= 4 is 11.6 Å². The Morgan fingerprint density at radius 1 is 1.32 bits per heavy atom. The maximum absolute atomic E-state index is 12.4. The highest BCUT2D eigenvalue weighted by Crippen LogP contribution is 2.48. The van der Waals surface area contributed by atoms with Crippen molar-refractivity contribution in [1.82, 2.24) is 5.32 Å². The standard InChI is InChI=1S/C15H20N2O2/c1-19-13-8-12(9-13)17-14(18)15(6-7-15)10-2-4-11(16)5-3-10/h2-5,12-13H,6-9,16H2,1H3,(H,17,18). The van der Waals surface area contributed by atoms with Gasteiger partial charge in [-0.2, -0.15) is 0 Å². The van der Waals surface area contributed by atoms with Gasteiger partial charge in [0.25, 0.3) is 0 Å². The molecule has 4 nitrogen and oxygen atoms in total. The molecule has 3 N–H and O–H groups in total. The number of anilines is 1. The predicted octanol–water partition coefficient (Wildman–Crippen LogP) is 1.59. The van der Waals surface area contributed by atoms with Crippen LogP contribution in [0.5, 0.6) is 0 Å². The number of nitrogens with one attached hydrogen (secondary N) is 1. The third-order valence-electron chi connectivity index (χ3n) is 4.41. The Balaban J connectivity index is 1.64. The molecule has 2 fully saturated rings. The summed E-state index contributed by atoms with van der Waals surface area (Å²) in [6.45, 7) is 0. The van der Waals surface area contributed by atoms with Crippen molar-refractivity contribution in [1.29, 1.82) is 0 Å². The number of methoxy groups -OCH3 is 1. The van der Waals surface area contributed by atoms with Gasteiger partial charge in [-0.05, 0) is 43.4 Å². The molecule has 2 aliphatic carbocycles. The van der Waals surface area contributed by atoms with E-state index in [1.165, 1.54) is 0 Å². The molecule has 1 amide bonds. The van der Waals surface area contributed by atoms with Crippen LogP contribution in [0.3, 0.4) is 0 Å². The summed E-state index contributed by atoms with van der Waals surface area (Å²) in [6.07, 6.45) is 4.05. The maximum Gasteiger partial charge on any atom is 0.230 e. The van der Waals surface area contributed by atoms with Gasteiger partial charge in [-0.25, -0.2) is 0 Å². The van der Waals surface area contributed by atoms with E-state index in [-0.39, 0.29) is 17.4 Å². The minimum absolute atomic E-state index is 0.164. The predicted molar refractivity (Wildman–Crippen MR) is 73.7 cm³/mol. The number of ether oxygens (including phenoxy) is 1. The fourth-order valence-corrected chi connectivity index (χ4v) is 2.77. The van der Waals surface area contributed by atoms with Crippen LogP contribution in [0.2, 0.25) is 0 Å². The van der Waals surface area contributed by atoms with Gasteiger partial charge >= 0.3 is 0 Å². The van der Waals surface area contributed by atoms with Gasteiger partial charge in [0.1, 0.15) is 0 Å². The summed E-state index contributed by atoms with van der Waals surface area (Å²) in [5, 5.41) is 3.15. The fraction of sp³-hybridized carbons (Fsp3) is 0.533. The summed E-state index contributed by atoms with van der Waals surface area (Å²) in [7, 11) is 1.72. The zero-order valence-corrected chi connectivity index (χ0v) is 11.2. The molecule has 0 spiro atoms. The summed E-state index contributed by atoms with van der Waals surface area (Å²) >= 11 is 0. The Morgan fingerprint density at radius 3 is 2.47 bits per heavy atom. The van der Waals surface area contributed by atoms with Gasteiger partial charge in [0.2, 0.25) is 5.91 Å². The molecule has 19 heavy (non-hydrogen) atoms. The Hall–Kier alpha value is -1.55. The molecule has 4 heteroatoms. The van der Waals surface area contributed by atoms with Crippen LogP contribution in [0.25, 0.3) is 0 Å². The van der Waals surface area contributed by atoms with Crippen molar-refractivity contribution in [2.45, 2.75) is 43.2 Å². The van der Waals surface area contributed by atoms with E-state index in [1.807, 2.05) is 24.3 Å². The Bertz CT molecular complexity index is 473. The second kappa shape index (κ2) is 4.53. The number of rotatable bonds is 4. The highest BCUT2D eigenvalue weighted by atomic mass is 16.5. The van der Waals surface area contributed by atoms with Crippen molar-refractivity contribution in [3.63, 3.8) is 0 Å². The quantitative estimate of drug-likeness (QED) is 0.808. The minimum atomic E-state index is -0.300. The van der Waals surface area contributed by atoms with Crippen LogP contribution in [0, 0.1) is 0 Å². The second-order valence-corrected chi connectivity index (χ2v) is 5.70. The molecule has 1 aromatic carbocycles. The zero-order chi connectivity index (χ0) is 13.5. The third-order valence-corrected chi connectivity index (χ3v) is 4.41. The number of nitrogen functional groups attached to an aromatic ring is 1. The molecule has 1 aromatic rings. The second-order valence-electron chi connectivity index (χ2n) is 5.70. The van der Waals surface area contributed by atoms with Gasteiger partial charge in [-0.1, -0.05) is 12.1 Å². The van der Waals surface area contributed by atoms with Crippen molar-refractivity contribution in [3.8, 4) is 0 Å². The first-order chi connectivity index (χ1) is 9.14. The van der Waals surface area contributed by atoms with Gasteiger partial charge in [-0.15, -0.1) is 0 Å². The summed E-state index contributed by atoms with van der Waals surface area (Å²) < 4.78 is 5.23. The third kappa shape index (κ3) is 2.21. The van der Waals surface area contributed by atoms with Gasteiger partial charge < -0.3 is 15.8 Å². The monoisotopic (exact) mass is 260 g/mol. The van der Waals surface area contributed by atoms with E-state index in [9.17, 15) is 4.79 Å².